The van der Waals surface area contributed by atoms with Gasteiger partial charge in [0.05, 0.1) is 16.9 Å². The highest BCUT2D eigenvalue weighted by Crippen LogP contribution is 2.25. The standard InChI is InChI=1S/C10H6ClFN2O/c11-9-3-6(12)1-2-7(9)8-4-13-5-14-10(8)15/h1-5H,(H,13,14,15). The van der Waals surface area contributed by atoms with E-state index in [1.54, 1.807) is 0 Å². The van der Waals surface area contributed by atoms with Crippen LogP contribution < -0.4 is 5.56 Å². The number of halogens is 2. The molecule has 0 atom stereocenters. The molecule has 0 radical (unpaired) electrons. The number of benzene rings is 1. The maximum absolute atomic E-state index is 12.8. The maximum Gasteiger partial charge on any atom is 0.258 e. The topological polar surface area (TPSA) is 45.8 Å². The zero-order valence-electron chi connectivity index (χ0n) is 7.50. The van der Waals surface area contributed by atoms with Gasteiger partial charge in [0, 0.05) is 11.8 Å². The SMILES string of the molecule is O=c1[nH]cncc1-c1ccc(F)cc1Cl. The summed E-state index contributed by atoms with van der Waals surface area (Å²) in [7, 11) is 0. The average molecular weight is 225 g/mol. The number of nitrogens with one attached hydrogen (secondary N) is 1. The highest BCUT2D eigenvalue weighted by molar-refractivity contribution is 6.33. The number of nitrogens with zero attached hydrogens (tertiary/aromatic N) is 1. The molecule has 0 amide bonds. The second-order valence-corrected chi connectivity index (χ2v) is 3.33. The van der Waals surface area contributed by atoms with Crippen molar-refractivity contribution in [3.63, 3.8) is 0 Å². The number of hydrogen-bond donors (Lipinski definition) is 1. The molecule has 5 heteroatoms. The lowest BCUT2D eigenvalue weighted by Gasteiger charge is -2.02. The minimum atomic E-state index is -0.441. The fourth-order valence-corrected chi connectivity index (χ4v) is 1.51. The van der Waals surface area contributed by atoms with E-state index in [1.165, 1.54) is 24.7 Å². The first kappa shape index (κ1) is 9.86. The highest BCUT2D eigenvalue weighted by Gasteiger charge is 2.07. The fraction of sp³-hybridized carbons (Fsp3) is 0. The van der Waals surface area contributed by atoms with Crippen LogP contribution in [0.25, 0.3) is 11.1 Å². The molecule has 15 heavy (non-hydrogen) atoms. The van der Waals surface area contributed by atoms with Crippen LogP contribution in [0.4, 0.5) is 4.39 Å². The molecule has 0 unspecified atom stereocenters. The van der Waals surface area contributed by atoms with E-state index >= 15 is 0 Å². The van der Waals surface area contributed by atoms with E-state index in [2.05, 4.69) is 9.97 Å². The van der Waals surface area contributed by atoms with Crippen molar-refractivity contribution >= 4 is 11.6 Å². The molecule has 3 nitrogen and oxygen atoms in total. The van der Waals surface area contributed by atoms with E-state index < -0.39 is 5.82 Å². The summed E-state index contributed by atoms with van der Waals surface area (Å²) < 4.78 is 12.8. The van der Waals surface area contributed by atoms with E-state index in [0.29, 0.717) is 11.1 Å². The van der Waals surface area contributed by atoms with E-state index in [0.717, 1.165) is 6.07 Å². The Balaban J connectivity index is 2.65. The molecule has 0 saturated heterocycles. The minimum absolute atomic E-state index is 0.188. The molecule has 0 aliphatic rings. The van der Waals surface area contributed by atoms with Crippen LogP contribution in [0.1, 0.15) is 0 Å². The predicted molar refractivity (Wildman–Crippen MR) is 55.3 cm³/mol. The van der Waals surface area contributed by atoms with Gasteiger partial charge in [0.1, 0.15) is 5.82 Å². The molecule has 1 aromatic heterocycles. The van der Waals surface area contributed by atoms with Crippen LogP contribution in [0.3, 0.4) is 0 Å². The van der Waals surface area contributed by atoms with Crippen molar-refractivity contribution in [2.75, 3.05) is 0 Å². The molecule has 0 bridgehead atoms. The predicted octanol–water partition coefficient (Wildman–Crippen LogP) is 2.23. The van der Waals surface area contributed by atoms with Crippen LogP contribution in [0.5, 0.6) is 0 Å². The molecule has 0 saturated carbocycles. The van der Waals surface area contributed by atoms with Gasteiger partial charge < -0.3 is 4.98 Å². The van der Waals surface area contributed by atoms with Crippen LogP contribution in [-0.4, -0.2) is 9.97 Å². The van der Waals surface area contributed by atoms with Crippen LogP contribution >= 0.6 is 11.6 Å². The summed E-state index contributed by atoms with van der Waals surface area (Å²) in [5, 5.41) is 0.188. The lowest BCUT2D eigenvalue weighted by Crippen LogP contribution is -2.08. The number of H-pyrrole nitrogens is 1. The van der Waals surface area contributed by atoms with Gasteiger partial charge in [0.2, 0.25) is 0 Å². The summed E-state index contributed by atoms with van der Waals surface area (Å²) >= 11 is 5.82. The first-order valence-corrected chi connectivity index (χ1v) is 4.54. The van der Waals surface area contributed by atoms with E-state index in [-0.39, 0.29) is 10.6 Å². The maximum atomic E-state index is 12.8. The lowest BCUT2D eigenvalue weighted by atomic mass is 10.1. The Morgan fingerprint density at radius 3 is 2.80 bits per heavy atom. The van der Waals surface area contributed by atoms with Crippen molar-refractivity contribution in [1.29, 1.82) is 0 Å². The second kappa shape index (κ2) is 3.82. The van der Waals surface area contributed by atoms with Crippen molar-refractivity contribution in [3.05, 3.63) is 51.9 Å². The Kier molecular flexibility index (Phi) is 2.51. The molecule has 1 heterocycles. The molecule has 76 valence electrons. The number of aromatic amines is 1. The molecule has 1 N–H and O–H groups in total. The highest BCUT2D eigenvalue weighted by atomic mass is 35.5. The van der Waals surface area contributed by atoms with Gasteiger partial charge in [0.15, 0.2) is 0 Å². The van der Waals surface area contributed by atoms with Crippen molar-refractivity contribution in [1.82, 2.24) is 9.97 Å². The summed E-state index contributed by atoms with van der Waals surface area (Å²) in [4.78, 5) is 17.6. The summed E-state index contributed by atoms with van der Waals surface area (Å²) in [6.07, 6.45) is 2.67. The summed E-state index contributed by atoms with van der Waals surface area (Å²) in [6.45, 7) is 0. The number of aromatic nitrogens is 2. The molecule has 2 rings (SSSR count). The number of hydrogen-bond acceptors (Lipinski definition) is 2. The Morgan fingerprint density at radius 1 is 1.33 bits per heavy atom. The zero-order valence-corrected chi connectivity index (χ0v) is 8.25. The Bertz CT molecular complexity index is 553. The average Bonchev–Trinajstić information content (AvgIpc) is 2.20. The second-order valence-electron chi connectivity index (χ2n) is 2.92. The largest absolute Gasteiger partial charge is 0.313 e. The fourth-order valence-electron chi connectivity index (χ4n) is 1.24. The zero-order chi connectivity index (χ0) is 10.8. The smallest absolute Gasteiger partial charge is 0.258 e. The first-order chi connectivity index (χ1) is 7.18. The first-order valence-electron chi connectivity index (χ1n) is 4.16. The molecule has 0 aliphatic carbocycles. The van der Waals surface area contributed by atoms with E-state index in [9.17, 15) is 9.18 Å². The Morgan fingerprint density at radius 2 is 2.13 bits per heavy atom. The van der Waals surface area contributed by atoms with Gasteiger partial charge in [-0.1, -0.05) is 11.6 Å². The van der Waals surface area contributed by atoms with E-state index in [4.69, 9.17) is 11.6 Å². The molecule has 2 aromatic rings. The third-order valence-corrected chi connectivity index (χ3v) is 2.25. The van der Waals surface area contributed by atoms with Gasteiger partial charge >= 0.3 is 0 Å². The minimum Gasteiger partial charge on any atom is -0.313 e. The van der Waals surface area contributed by atoms with Crippen molar-refractivity contribution in [2.24, 2.45) is 0 Å². The normalized spacial score (nSPS) is 10.3. The summed E-state index contributed by atoms with van der Waals surface area (Å²) in [5.74, 6) is -0.441. The van der Waals surface area contributed by atoms with Crippen molar-refractivity contribution in [2.45, 2.75) is 0 Å². The summed E-state index contributed by atoms with van der Waals surface area (Å²) in [6, 6.07) is 3.85. The van der Waals surface area contributed by atoms with E-state index in [1.807, 2.05) is 0 Å². The monoisotopic (exact) mass is 224 g/mol. The van der Waals surface area contributed by atoms with Gasteiger partial charge in [-0.15, -0.1) is 0 Å². The van der Waals surface area contributed by atoms with Crippen LogP contribution in [0.15, 0.2) is 35.5 Å². The molecular formula is C10H6ClFN2O. The van der Waals surface area contributed by atoms with Crippen molar-refractivity contribution in [3.8, 4) is 11.1 Å². The molecular weight excluding hydrogens is 219 g/mol. The quantitative estimate of drug-likeness (QED) is 0.808. The third-order valence-electron chi connectivity index (χ3n) is 1.94. The molecule has 0 spiro atoms. The van der Waals surface area contributed by atoms with Crippen LogP contribution in [-0.2, 0) is 0 Å². The van der Waals surface area contributed by atoms with Gasteiger partial charge in [0.25, 0.3) is 5.56 Å². The Hall–Kier alpha value is -1.68. The van der Waals surface area contributed by atoms with Gasteiger partial charge in [-0.05, 0) is 18.2 Å². The van der Waals surface area contributed by atoms with Gasteiger partial charge in [-0.25, -0.2) is 9.37 Å². The third kappa shape index (κ3) is 1.89. The molecule has 0 fully saturated rings. The molecule has 1 aromatic carbocycles. The van der Waals surface area contributed by atoms with Crippen LogP contribution in [0.2, 0.25) is 5.02 Å². The van der Waals surface area contributed by atoms with Gasteiger partial charge in [-0.2, -0.15) is 0 Å². The Labute approximate surface area is 89.6 Å². The van der Waals surface area contributed by atoms with Crippen molar-refractivity contribution < 1.29 is 4.39 Å². The van der Waals surface area contributed by atoms with Gasteiger partial charge in [-0.3, -0.25) is 4.79 Å². The number of rotatable bonds is 1. The molecule has 0 aliphatic heterocycles. The van der Waals surface area contributed by atoms with Crippen LogP contribution in [0, 0.1) is 5.82 Å². The lowest BCUT2D eigenvalue weighted by molar-refractivity contribution is 0.628. The summed E-state index contributed by atoms with van der Waals surface area (Å²) in [5.41, 5.74) is 0.480.